The molecule has 6 nitrogen and oxygen atoms in total. The minimum Gasteiger partial charge on any atom is -0.366 e. The van der Waals surface area contributed by atoms with Crippen LogP contribution in [0.25, 0.3) is 6.08 Å². The van der Waals surface area contributed by atoms with Crippen LogP contribution in [0.5, 0.6) is 0 Å². The van der Waals surface area contributed by atoms with Crippen LogP contribution in [-0.4, -0.2) is 29.9 Å². The van der Waals surface area contributed by atoms with Crippen molar-refractivity contribution in [3.63, 3.8) is 0 Å². The smallest absolute Gasteiger partial charge is 0.335 e. The summed E-state index contributed by atoms with van der Waals surface area (Å²) in [6.45, 7) is 13.8. The zero-order chi connectivity index (χ0) is 24.8. The van der Waals surface area contributed by atoms with E-state index < -0.39 is 17.8 Å². The first kappa shape index (κ1) is 23.7. The largest absolute Gasteiger partial charge is 0.366 e. The van der Waals surface area contributed by atoms with Gasteiger partial charge in [0.15, 0.2) is 0 Å². The van der Waals surface area contributed by atoms with Gasteiger partial charge in [-0.3, -0.25) is 14.9 Å². The number of rotatable bonds is 4. The fraction of sp³-hybridized carbons (Fsp3) is 0.393. The predicted octanol–water partition coefficient (Wildman–Crippen LogP) is 5.47. The molecule has 1 fully saturated rings. The molecule has 34 heavy (non-hydrogen) atoms. The van der Waals surface area contributed by atoms with E-state index in [0.29, 0.717) is 11.6 Å². The number of amides is 4. The number of nitrogens with zero attached hydrogens (tertiary/aromatic N) is 2. The van der Waals surface area contributed by atoms with Crippen LogP contribution in [0.15, 0.2) is 42.0 Å². The maximum absolute atomic E-state index is 13.3. The van der Waals surface area contributed by atoms with Crippen LogP contribution in [0.1, 0.15) is 68.7 Å². The number of fused-ring (bicyclic) bond motifs is 1. The van der Waals surface area contributed by atoms with E-state index in [1.54, 1.807) is 18.2 Å². The van der Waals surface area contributed by atoms with Crippen molar-refractivity contribution in [1.82, 2.24) is 5.32 Å². The summed E-state index contributed by atoms with van der Waals surface area (Å²) in [5.74, 6) is -0.938. The molecule has 1 unspecified atom stereocenters. The maximum Gasteiger partial charge on any atom is 0.335 e. The molecule has 0 aromatic heterocycles. The number of anilines is 2. The molecule has 2 heterocycles. The lowest BCUT2D eigenvalue weighted by Crippen LogP contribution is -2.54. The van der Waals surface area contributed by atoms with Crippen LogP contribution in [0.4, 0.5) is 16.2 Å². The monoisotopic (exact) mass is 459 g/mol. The van der Waals surface area contributed by atoms with Gasteiger partial charge in [0.05, 0.1) is 5.69 Å². The molecule has 0 aliphatic carbocycles. The Labute approximate surface area is 201 Å². The molecule has 178 valence electrons. The molecule has 2 aromatic rings. The van der Waals surface area contributed by atoms with E-state index in [2.05, 4.69) is 50.0 Å². The van der Waals surface area contributed by atoms with Gasteiger partial charge in [0.2, 0.25) is 0 Å². The van der Waals surface area contributed by atoms with Crippen molar-refractivity contribution in [3.8, 4) is 0 Å². The van der Waals surface area contributed by atoms with E-state index in [4.69, 9.17) is 0 Å². The number of barbiturate groups is 1. The third kappa shape index (κ3) is 4.13. The molecular weight excluding hydrogens is 426 g/mol. The highest BCUT2D eigenvalue weighted by atomic mass is 16.2. The molecule has 2 aliphatic rings. The van der Waals surface area contributed by atoms with Gasteiger partial charge in [-0.1, -0.05) is 26.0 Å². The quantitative estimate of drug-likeness (QED) is 0.486. The number of hydrogen-bond acceptors (Lipinski definition) is 4. The van der Waals surface area contributed by atoms with Crippen molar-refractivity contribution in [1.29, 1.82) is 0 Å². The Bertz CT molecular complexity index is 1210. The molecular formula is C28H33N3O3. The summed E-state index contributed by atoms with van der Waals surface area (Å²) in [6.07, 6.45) is 3.67. The molecule has 0 saturated carbocycles. The van der Waals surface area contributed by atoms with Crippen LogP contribution in [-0.2, 0) is 9.59 Å². The number of carbonyl (C=O) groups excluding carboxylic acids is 3. The van der Waals surface area contributed by atoms with E-state index in [1.807, 2.05) is 26.0 Å². The van der Waals surface area contributed by atoms with E-state index in [0.717, 1.165) is 41.0 Å². The average Bonchev–Trinajstić information content (AvgIpc) is 2.76. The molecule has 2 aromatic carbocycles. The van der Waals surface area contributed by atoms with Crippen LogP contribution < -0.4 is 15.1 Å². The molecule has 0 radical (unpaired) electrons. The lowest BCUT2D eigenvalue weighted by molar-refractivity contribution is -0.122. The summed E-state index contributed by atoms with van der Waals surface area (Å²) in [7, 11) is 0. The molecule has 2 aliphatic heterocycles. The second-order valence-electron chi connectivity index (χ2n) is 10.1. The summed E-state index contributed by atoms with van der Waals surface area (Å²) < 4.78 is 0. The summed E-state index contributed by atoms with van der Waals surface area (Å²) in [4.78, 5) is 42.0. The number of carbonyl (C=O) groups is 3. The minimum absolute atomic E-state index is 0.0491. The summed E-state index contributed by atoms with van der Waals surface area (Å²) >= 11 is 0. The fourth-order valence-corrected chi connectivity index (χ4v) is 5.17. The third-order valence-corrected chi connectivity index (χ3v) is 7.02. The topological polar surface area (TPSA) is 69.7 Å². The number of aryl methyl sites for hydroxylation is 2. The second kappa shape index (κ2) is 8.75. The van der Waals surface area contributed by atoms with Crippen molar-refractivity contribution >= 4 is 35.3 Å². The van der Waals surface area contributed by atoms with Crippen LogP contribution in [0.3, 0.4) is 0 Å². The molecule has 4 amide bonds. The number of hydrogen-bond donors (Lipinski definition) is 1. The lowest BCUT2D eigenvalue weighted by Gasteiger charge is -2.47. The molecule has 1 saturated heterocycles. The van der Waals surface area contributed by atoms with Gasteiger partial charge < -0.3 is 4.90 Å². The van der Waals surface area contributed by atoms with Crippen molar-refractivity contribution in [2.75, 3.05) is 16.3 Å². The fourth-order valence-electron chi connectivity index (χ4n) is 5.17. The summed E-state index contributed by atoms with van der Waals surface area (Å²) in [6, 6.07) is 10.7. The van der Waals surface area contributed by atoms with Gasteiger partial charge >= 0.3 is 6.03 Å². The van der Waals surface area contributed by atoms with Crippen molar-refractivity contribution in [3.05, 3.63) is 64.2 Å². The molecule has 1 N–H and O–H groups in total. The average molecular weight is 460 g/mol. The number of benzene rings is 2. The van der Waals surface area contributed by atoms with E-state index in [9.17, 15) is 14.4 Å². The maximum atomic E-state index is 13.3. The first-order valence-corrected chi connectivity index (χ1v) is 11.9. The third-order valence-electron chi connectivity index (χ3n) is 7.02. The zero-order valence-electron chi connectivity index (χ0n) is 20.9. The highest BCUT2D eigenvalue weighted by Crippen LogP contribution is 2.43. The Balaban J connectivity index is 1.72. The van der Waals surface area contributed by atoms with E-state index in [1.165, 1.54) is 11.3 Å². The Morgan fingerprint density at radius 2 is 1.79 bits per heavy atom. The van der Waals surface area contributed by atoms with Crippen LogP contribution in [0, 0.1) is 13.8 Å². The second-order valence-corrected chi connectivity index (χ2v) is 10.1. The highest BCUT2D eigenvalue weighted by molar-refractivity contribution is 6.39. The van der Waals surface area contributed by atoms with Gasteiger partial charge in [0.1, 0.15) is 5.57 Å². The van der Waals surface area contributed by atoms with Gasteiger partial charge in [-0.15, -0.1) is 0 Å². The lowest BCUT2D eigenvalue weighted by atomic mass is 9.79. The molecule has 1 atom stereocenters. The Morgan fingerprint density at radius 1 is 1.06 bits per heavy atom. The van der Waals surface area contributed by atoms with Crippen molar-refractivity contribution in [2.24, 2.45) is 0 Å². The highest BCUT2D eigenvalue weighted by Gasteiger charge is 2.38. The van der Waals surface area contributed by atoms with Crippen LogP contribution >= 0.6 is 0 Å². The number of urea groups is 1. The van der Waals surface area contributed by atoms with Gasteiger partial charge in [-0.25, -0.2) is 9.69 Å². The minimum atomic E-state index is -0.730. The normalized spacial score (nSPS) is 21.1. The Hall–Kier alpha value is -3.41. The molecule has 0 bridgehead atoms. The molecule has 0 spiro atoms. The number of nitrogens with one attached hydrogen (secondary N) is 1. The van der Waals surface area contributed by atoms with Gasteiger partial charge in [-0.2, -0.15) is 0 Å². The van der Waals surface area contributed by atoms with E-state index >= 15 is 0 Å². The van der Waals surface area contributed by atoms with Gasteiger partial charge in [-0.05, 0) is 99.0 Å². The number of imide groups is 2. The summed E-state index contributed by atoms with van der Waals surface area (Å²) in [5.41, 5.74) is 5.68. The first-order chi connectivity index (χ1) is 16.0. The molecule has 6 heteroatoms. The van der Waals surface area contributed by atoms with Gasteiger partial charge in [0.25, 0.3) is 11.8 Å². The first-order valence-electron chi connectivity index (χ1n) is 11.9. The standard InChI is InChI=1S/C28H33N3O3/c1-7-12-30-24-11-9-20(14-22(24)19(4)16-28(30,5)6)15-23-25(32)29-27(34)31(26(23)33)21-10-8-17(2)18(3)13-21/h8-11,13-15,19H,7,12,16H2,1-6H3,(H,29,32,34)/b23-15-. The SMILES string of the molecule is CCCN1c2ccc(/C=C3/C(=O)NC(=O)N(c4ccc(C)c(C)c4)C3=O)cc2C(C)CC1(C)C. The molecule has 4 rings (SSSR count). The van der Waals surface area contributed by atoms with E-state index in [-0.39, 0.29) is 11.1 Å². The van der Waals surface area contributed by atoms with Gasteiger partial charge in [0, 0.05) is 17.8 Å². The van der Waals surface area contributed by atoms with Crippen molar-refractivity contribution < 1.29 is 14.4 Å². The Kier molecular flexibility index (Phi) is 6.11. The van der Waals surface area contributed by atoms with Crippen molar-refractivity contribution in [2.45, 2.75) is 65.8 Å². The summed E-state index contributed by atoms with van der Waals surface area (Å²) in [5, 5.41) is 2.32. The zero-order valence-corrected chi connectivity index (χ0v) is 20.9. The Morgan fingerprint density at radius 3 is 2.47 bits per heavy atom. The van der Waals surface area contributed by atoms with Crippen LogP contribution in [0.2, 0.25) is 0 Å². The predicted molar refractivity (Wildman–Crippen MR) is 136 cm³/mol.